The smallest absolute Gasteiger partial charge is 0.362 e. The average Bonchev–Trinajstić information content (AvgIpc) is 2.18. The third-order valence-electron chi connectivity index (χ3n) is 1.39. The van der Waals surface area contributed by atoms with Gasteiger partial charge < -0.3 is 10.5 Å². The predicted octanol–water partition coefficient (Wildman–Crippen LogP) is 0.128. The lowest BCUT2D eigenvalue weighted by molar-refractivity contribution is 0.0429. The van der Waals surface area contributed by atoms with E-state index in [0.717, 1.165) is 0 Å². The maximum atomic E-state index is 11.3. The molecule has 0 radical (unpaired) electrons. The fourth-order valence-electron chi connectivity index (χ4n) is 0.749. The number of carbonyl (C=O) groups excluding carboxylic acids is 1. The Morgan fingerprint density at radius 1 is 1.64 bits per heavy atom. The van der Waals surface area contributed by atoms with Gasteiger partial charge in [-0.2, -0.15) is 5.26 Å². The van der Waals surface area contributed by atoms with Crippen molar-refractivity contribution < 1.29 is 9.53 Å². The Morgan fingerprint density at radius 3 is 2.86 bits per heavy atom. The van der Waals surface area contributed by atoms with Crippen molar-refractivity contribution in [2.24, 2.45) is 0 Å². The molecule has 14 heavy (non-hydrogen) atoms. The number of ether oxygens (including phenoxy) is 1. The van der Waals surface area contributed by atoms with Crippen molar-refractivity contribution in [2.45, 2.75) is 13.0 Å². The van der Waals surface area contributed by atoms with Crippen LogP contribution in [0.4, 0.5) is 5.82 Å². The maximum Gasteiger partial charge on any atom is 0.362 e. The summed E-state index contributed by atoms with van der Waals surface area (Å²) in [5, 5.41) is 8.41. The van der Waals surface area contributed by atoms with Gasteiger partial charge in [0.25, 0.3) is 0 Å². The number of nitrogens with two attached hydrogens (primary N) is 1. The molecule has 6 nitrogen and oxygen atoms in total. The lowest BCUT2D eigenvalue weighted by Crippen LogP contribution is -2.16. The molecule has 0 bridgehead atoms. The highest BCUT2D eigenvalue weighted by atomic mass is 16.5. The number of carbonyl (C=O) groups is 1. The lowest BCUT2D eigenvalue weighted by atomic mass is 10.4. The van der Waals surface area contributed by atoms with Crippen LogP contribution >= 0.6 is 0 Å². The molecule has 1 rings (SSSR count). The zero-order chi connectivity index (χ0) is 10.6. The fourth-order valence-corrected chi connectivity index (χ4v) is 0.749. The van der Waals surface area contributed by atoms with E-state index in [1.54, 1.807) is 6.07 Å². The SMILES string of the molecule is CC(C#N)OC(=O)c1nccnc1N. The molecule has 1 aromatic heterocycles. The van der Waals surface area contributed by atoms with Crippen molar-refractivity contribution in [3.63, 3.8) is 0 Å². The third kappa shape index (κ3) is 2.17. The summed E-state index contributed by atoms with van der Waals surface area (Å²) in [6.07, 6.45) is 1.85. The summed E-state index contributed by atoms with van der Waals surface area (Å²) in [7, 11) is 0. The highest BCUT2D eigenvalue weighted by Gasteiger charge is 2.16. The Morgan fingerprint density at radius 2 is 2.29 bits per heavy atom. The van der Waals surface area contributed by atoms with Gasteiger partial charge in [0.1, 0.15) is 6.07 Å². The minimum atomic E-state index is -0.830. The highest BCUT2D eigenvalue weighted by molar-refractivity contribution is 5.91. The highest BCUT2D eigenvalue weighted by Crippen LogP contribution is 2.06. The van der Waals surface area contributed by atoms with E-state index < -0.39 is 12.1 Å². The number of nitrogens with zero attached hydrogens (tertiary/aromatic N) is 3. The number of rotatable bonds is 2. The number of hydrogen-bond acceptors (Lipinski definition) is 6. The van der Waals surface area contributed by atoms with Gasteiger partial charge in [-0.25, -0.2) is 14.8 Å². The van der Waals surface area contributed by atoms with E-state index in [0.29, 0.717) is 0 Å². The molecule has 0 saturated carbocycles. The quantitative estimate of drug-likeness (QED) is 0.668. The fraction of sp³-hybridized carbons (Fsp3) is 0.250. The molecule has 6 heteroatoms. The van der Waals surface area contributed by atoms with Crippen molar-refractivity contribution in [3.8, 4) is 6.07 Å². The Bertz CT molecular complexity index is 385. The van der Waals surface area contributed by atoms with E-state index >= 15 is 0 Å². The molecule has 1 unspecified atom stereocenters. The molecule has 2 N–H and O–H groups in total. The number of nitrogen functional groups attached to an aromatic ring is 1. The Kier molecular flexibility index (Phi) is 2.97. The van der Waals surface area contributed by atoms with Crippen LogP contribution in [0, 0.1) is 11.3 Å². The number of hydrogen-bond donors (Lipinski definition) is 1. The van der Waals surface area contributed by atoms with Crippen LogP contribution in [0.2, 0.25) is 0 Å². The molecule has 1 atom stereocenters. The minimum Gasteiger partial charge on any atom is -0.442 e. The van der Waals surface area contributed by atoms with Gasteiger partial charge in [-0.1, -0.05) is 0 Å². The second-order valence-electron chi connectivity index (χ2n) is 2.47. The predicted molar refractivity (Wildman–Crippen MR) is 46.9 cm³/mol. The van der Waals surface area contributed by atoms with Gasteiger partial charge in [-0.15, -0.1) is 0 Å². The molecule has 0 amide bonds. The molecule has 0 fully saturated rings. The van der Waals surface area contributed by atoms with Crippen molar-refractivity contribution in [2.75, 3.05) is 5.73 Å². The van der Waals surface area contributed by atoms with E-state index in [-0.39, 0.29) is 11.5 Å². The van der Waals surface area contributed by atoms with Crippen molar-refractivity contribution in [1.29, 1.82) is 5.26 Å². The van der Waals surface area contributed by atoms with E-state index in [2.05, 4.69) is 14.7 Å². The molecular formula is C8H8N4O2. The molecular weight excluding hydrogens is 184 g/mol. The molecule has 0 spiro atoms. The monoisotopic (exact) mass is 192 g/mol. The topological polar surface area (TPSA) is 102 Å². The number of anilines is 1. The second-order valence-corrected chi connectivity index (χ2v) is 2.47. The van der Waals surface area contributed by atoms with Crippen LogP contribution in [0.1, 0.15) is 17.4 Å². The average molecular weight is 192 g/mol. The molecule has 1 aromatic rings. The van der Waals surface area contributed by atoms with Crippen LogP contribution in [0.15, 0.2) is 12.4 Å². The normalized spacial score (nSPS) is 11.4. The van der Waals surface area contributed by atoms with Crippen LogP contribution in [-0.4, -0.2) is 22.0 Å². The summed E-state index contributed by atoms with van der Waals surface area (Å²) >= 11 is 0. The summed E-state index contributed by atoms with van der Waals surface area (Å²) in [5.41, 5.74) is 5.31. The lowest BCUT2D eigenvalue weighted by Gasteiger charge is -2.05. The van der Waals surface area contributed by atoms with Gasteiger partial charge in [0, 0.05) is 12.4 Å². The second kappa shape index (κ2) is 4.18. The summed E-state index contributed by atoms with van der Waals surface area (Å²) < 4.78 is 4.68. The van der Waals surface area contributed by atoms with Crippen molar-refractivity contribution in [3.05, 3.63) is 18.1 Å². The van der Waals surface area contributed by atoms with Crippen LogP contribution in [0.3, 0.4) is 0 Å². The van der Waals surface area contributed by atoms with Crippen LogP contribution in [0.25, 0.3) is 0 Å². The third-order valence-corrected chi connectivity index (χ3v) is 1.39. The maximum absolute atomic E-state index is 11.3. The molecule has 0 aliphatic carbocycles. The van der Waals surface area contributed by atoms with Gasteiger partial charge >= 0.3 is 5.97 Å². The van der Waals surface area contributed by atoms with Crippen LogP contribution in [0.5, 0.6) is 0 Å². The van der Waals surface area contributed by atoms with Crippen LogP contribution < -0.4 is 5.73 Å². The first kappa shape index (κ1) is 9.92. The first-order valence-electron chi connectivity index (χ1n) is 3.82. The van der Waals surface area contributed by atoms with Gasteiger partial charge in [0.2, 0.25) is 0 Å². The van der Waals surface area contributed by atoms with Crippen molar-refractivity contribution >= 4 is 11.8 Å². The van der Waals surface area contributed by atoms with Gasteiger partial charge in [0.15, 0.2) is 17.6 Å². The van der Waals surface area contributed by atoms with E-state index in [1.807, 2.05) is 0 Å². The Hall–Kier alpha value is -2.16. The van der Waals surface area contributed by atoms with E-state index in [1.165, 1.54) is 19.3 Å². The standard InChI is InChI=1S/C8H8N4O2/c1-5(4-9)14-8(13)6-7(10)12-3-2-11-6/h2-3,5H,1H3,(H2,10,12). The zero-order valence-electron chi connectivity index (χ0n) is 7.47. The molecule has 0 aliphatic heterocycles. The van der Waals surface area contributed by atoms with Crippen LogP contribution in [-0.2, 0) is 4.74 Å². The van der Waals surface area contributed by atoms with Gasteiger partial charge in [0.05, 0.1) is 0 Å². The first-order chi connectivity index (χ1) is 6.65. The molecule has 0 aromatic carbocycles. The Balaban J connectivity index is 2.81. The summed E-state index contributed by atoms with van der Waals surface area (Å²) in [4.78, 5) is 18.6. The molecule has 0 saturated heterocycles. The zero-order valence-corrected chi connectivity index (χ0v) is 7.47. The number of aromatic nitrogens is 2. The number of nitriles is 1. The molecule has 0 aliphatic rings. The summed E-state index contributed by atoms with van der Waals surface area (Å²) in [5.74, 6) is -0.757. The van der Waals surface area contributed by atoms with Gasteiger partial charge in [-0.3, -0.25) is 0 Å². The summed E-state index contributed by atoms with van der Waals surface area (Å²) in [6.45, 7) is 1.45. The van der Waals surface area contributed by atoms with Gasteiger partial charge in [-0.05, 0) is 6.92 Å². The van der Waals surface area contributed by atoms with Crippen molar-refractivity contribution in [1.82, 2.24) is 9.97 Å². The first-order valence-corrected chi connectivity index (χ1v) is 3.82. The minimum absolute atomic E-state index is 0.0114. The largest absolute Gasteiger partial charge is 0.442 e. The van der Waals surface area contributed by atoms with E-state index in [9.17, 15) is 4.79 Å². The van der Waals surface area contributed by atoms with E-state index in [4.69, 9.17) is 11.0 Å². The molecule has 1 heterocycles. The number of esters is 1. The Labute approximate surface area is 80.3 Å². The summed E-state index contributed by atoms with van der Waals surface area (Å²) in [6, 6.07) is 1.75. The molecule has 72 valence electrons.